The fourth-order valence-electron chi connectivity index (χ4n) is 8.10. The van der Waals surface area contributed by atoms with Crippen LogP contribution in [0.2, 0.25) is 0 Å². The van der Waals surface area contributed by atoms with Gasteiger partial charge in [0.25, 0.3) is 0 Å². The zero-order valence-electron chi connectivity index (χ0n) is 42.3. The lowest BCUT2D eigenvalue weighted by Gasteiger charge is -2.11. The molecule has 0 saturated carbocycles. The molecule has 0 fully saturated rings. The van der Waals surface area contributed by atoms with Crippen LogP contribution in [0.4, 0.5) is 17.1 Å². The second kappa shape index (κ2) is 34.2. The summed E-state index contributed by atoms with van der Waals surface area (Å²) < 4.78 is 23.7. The van der Waals surface area contributed by atoms with Crippen LogP contribution in [0.3, 0.4) is 0 Å². The summed E-state index contributed by atoms with van der Waals surface area (Å²) in [5.41, 5.74) is 3.34. The largest absolute Gasteiger partial charge is 0.494 e. The van der Waals surface area contributed by atoms with E-state index in [4.69, 9.17) is 18.9 Å². The summed E-state index contributed by atoms with van der Waals surface area (Å²) in [5, 5.41) is 8.60. The van der Waals surface area contributed by atoms with Gasteiger partial charge in [0, 0.05) is 17.8 Å². The summed E-state index contributed by atoms with van der Waals surface area (Å²) in [4.78, 5) is 31.6. The van der Waals surface area contributed by atoms with Gasteiger partial charge < -0.3 is 18.9 Å². The first-order valence-corrected chi connectivity index (χ1v) is 26.7. The second-order valence-corrected chi connectivity index (χ2v) is 18.3. The van der Waals surface area contributed by atoms with Crippen LogP contribution < -0.4 is 18.9 Å². The molecule has 0 radical (unpaired) electrons. The Morgan fingerprint density at radius 3 is 1.24 bits per heavy atom. The van der Waals surface area contributed by atoms with Gasteiger partial charge in [0.05, 0.1) is 41.4 Å². The number of unbranched alkanes of at least 4 members (excludes halogenated alkanes) is 22. The van der Waals surface area contributed by atoms with Gasteiger partial charge in [-0.25, -0.2) is 9.59 Å². The van der Waals surface area contributed by atoms with E-state index in [1.165, 1.54) is 134 Å². The number of esters is 2. The van der Waals surface area contributed by atoms with E-state index < -0.39 is 11.9 Å². The van der Waals surface area contributed by atoms with E-state index in [2.05, 4.69) is 29.1 Å². The molecule has 70 heavy (non-hydrogen) atoms. The highest BCUT2D eigenvalue weighted by atomic mass is 16.5. The fraction of sp³-hybridized carbons (Fsp3) is 0.459. The topological polar surface area (TPSA) is 108 Å². The van der Waals surface area contributed by atoms with E-state index in [1.807, 2.05) is 54.6 Å². The molecule has 9 heteroatoms. The molecule has 0 saturated heterocycles. The highest BCUT2D eigenvalue weighted by Gasteiger charge is 2.16. The van der Waals surface area contributed by atoms with Crippen molar-refractivity contribution in [1.29, 1.82) is 0 Å². The van der Waals surface area contributed by atoms with Gasteiger partial charge in [-0.05, 0) is 110 Å². The summed E-state index contributed by atoms with van der Waals surface area (Å²) in [5.74, 6) is 0.691. The minimum Gasteiger partial charge on any atom is -0.494 e. The van der Waals surface area contributed by atoms with Crippen molar-refractivity contribution in [3.63, 3.8) is 0 Å². The molecule has 0 aliphatic rings. The lowest BCUT2D eigenvalue weighted by molar-refractivity contribution is 0.0732. The summed E-state index contributed by atoms with van der Waals surface area (Å²) in [6.07, 6.45) is 32.6. The molecule has 0 aliphatic carbocycles. The lowest BCUT2D eigenvalue weighted by atomic mass is 10.1. The van der Waals surface area contributed by atoms with Crippen LogP contribution in [-0.4, -0.2) is 31.4 Å². The van der Waals surface area contributed by atoms with Crippen molar-refractivity contribution in [2.24, 2.45) is 15.2 Å². The third-order valence-electron chi connectivity index (χ3n) is 12.4. The number of carbonyl (C=O) groups is 2. The van der Waals surface area contributed by atoms with Crippen LogP contribution in [0, 0.1) is 0 Å². The Balaban J connectivity index is 1.12. The van der Waals surface area contributed by atoms with Gasteiger partial charge in [-0.1, -0.05) is 173 Å². The van der Waals surface area contributed by atoms with Crippen LogP contribution in [0.5, 0.6) is 23.0 Å². The normalized spacial score (nSPS) is 11.3. The second-order valence-electron chi connectivity index (χ2n) is 18.3. The molecule has 0 unspecified atom stereocenters. The average Bonchev–Trinajstić information content (AvgIpc) is 3.39. The molecular weight excluding hydrogens is 871 g/mol. The number of aliphatic imine (C=N–C) groups is 1. The minimum atomic E-state index is -0.571. The fourth-order valence-corrected chi connectivity index (χ4v) is 8.10. The van der Waals surface area contributed by atoms with Crippen molar-refractivity contribution in [3.05, 3.63) is 138 Å². The smallest absolute Gasteiger partial charge is 0.343 e. The van der Waals surface area contributed by atoms with E-state index in [0.29, 0.717) is 52.8 Å². The molecule has 0 aromatic heterocycles. The SMILES string of the molecule is CCCCCCCCCCCCCCOc1ccc(C(=O)Oc2ccc(C=Nc3ccc(N=Nc4ccccc4)cc3)c(OC(=O)c3ccc(OCCCCCCCCCCCCCC)cc3)c2)cc1. The number of rotatable bonds is 36. The Morgan fingerprint density at radius 1 is 0.400 bits per heavy atom. The Bertz CT molecular complexity index is 2240. The van der Waals surface area contributed by atoms with Crippen LogP contribution >= 0.6 is 0 Å². The van der Waals surface area contributed by atoms with Gasteiger partial charge in [0.1, 0.15) is 23.0 Å². The van der Waals surface area contributed by atoms with Crippen molar-refractivity contribution in [2.45, 2.75) is 168 Å². The van der Waals surface area contributed by atoms with Crippen molar-refractivity contribution < 1.29 is 28.5 Å². The van der Waals surface area contributed by atoms with E-state index in [0.717, 1.165) is 31.4 Å². The third kappa shape index (κ3) is 22.6. The Labute approximate surface area is 419 Å². The number of carbonyl (C=O) groups excluding carboxylic acids is 2. The molecular formula is C61H79N3O6. The van der Waals surface area contributed by atoms with Gasteiger partial charge in [-0.15, -0.1) is 0 Å². The molecule has 374 valence electrons. The quantitative estimate of drug-likeness (QED) is 0.0130. The van der Waals surface area contributed by atoms with E-state index in [9.17, 15) is 9.59 Å². The lowest BCUT2D eigenvalue weighted by Crippen LogP contribution is -2.11. The average molecular weight is 950 g/mol. The molecule has 0 spiro atoms. The summed E-state index contributed by atoms with van der Waals surface area (Å²) in [6.45, 7) is 5.80. The number of benzene rings is 5. The Morgan fingerprint density at radius 2 is 0.786 bits per heavy atom. The zero-order valence-corrected chi connectivity index (χ0v) is 42.3. The number of ether oxygens (including phenoxy) is 4. The summed E-state index contributed by atoms with van der Waals surface area (Å²) in [7, 11) is 0. The highest BCUT2D eigenvalue weighted by molar-refractivity contribution is 5.94. The molecule has 0 N–H and O–H groups in total. The Kier molecular flexibility index (Phi) is 26.8. The first-order chi connectivity index (χ1) is 34.5. The van der Waals surface area contributed by atoms with Crippen LogP contribution in [0.25, 0.3) is 0 Å². The molecule has 0 aliphatic heterocycles. The van der Waals surface area contributed by atoms with Gasteiger partial charge in [-0.3, -0.25) is 4.99 Å². The van der Waals surface area contributed by atoms with Crippen LogP contribution in [0.1, 0.15) is 194 Å². The van der Waals surface area contributed by atoms with Crippen molar-refractivity contribution in [2.75, 3.05) is 13.2 Å². The highest BCUT2D eigenvalue weighted by Crippen LogP contribution is 2.28. The predicted octanol–water partition coefficient (Wildman–Crippen LogP) is 18.5. The molecule has 5 aromatic carbocycles. The molecule has 0 atom stereocenters. The number of hydrogen-bond acceptors (Lipinski definition) is 9. The maximum Gasteiger partial charge on any atom is 0.343 e. The predicted molar refractivity (Wildman–Crippen MR) is 287 cm³/mol. The molecule has 5 aromatic rings. The maximum atomic E-state index is 13.6. The maximum absolute atomic E-state index is 13.6. The molecule has 0 heterocycles. The summed E-state index contributed by atoms with van der Waals surface area (Å²) in [6, 6.07) is 35.7. The van der Waals surface area contributed by atoms with Crippen LogP contribution in [-0.2, 0) is 0 Å². The van der Waals surface area contributed by atoms with Gasteiger partial charge in [0.2, 0.25) is 0 Å². The number of nitrogens with zero attached hydrogens (tertiary/aromatic N) is 3. The van der Waals surface area contributed by atoms with Gasteiger partial charge in [-0.2, -0.15) is 10.2 Å². The zero-order chi connectivity index (χ0) is 49.1. The van der Waals surface area contributed by atoms with Crippen LogP contribution in [0.15, 0.2) is 137 Å². The van der Waals surface area contributed by atoms with Crippen molar-refractivity contribution in [1.82, 2.24) is 0 Å². The molecule has 0 bridgehead atoms. The van der Waals surface area contributed by atoms with E-state index >= 15 is 0 Å². The summed E-state index contributed by atoms with van der Waals surface area (Å²) >= 11 is 0. The first-order valence-electron chi connectivity index (χ1n) is 26.7. The molecule has 9 nitrogen and oxygen atoms in total. The Hall–Kier alpha value is -6.09. The monoisotopic (exact) mass is 950 g/mol. The third-order valence-corrected chi connectivity index (χ3v) is 12.4. The molecule has 0 amide bonds. The standard InChI is InChI=1S/C61H79N3O6/c1-3-5-7-9-11-13-15-17-19-21-23-28-46-67-56-41-32-50(33-42-56)60(65)69-58-45-36-52(49-62-53-37-39-55(40-38-53)64-63-54-30-26-25-27-31-54)59(48-58)70-61(66)51-34-43-57(44-35-51)68-47-29-24-22-20-18-16-14-12-10-8-6-4-2/h25-27,30-45,48-49H,3-24,28-29,46-47H2,1-2H3. The number of hydrogen-bond donors (Lipinski definition) is 0. The first kappa shape index (κ1) is 54.8. The number of azo groups is 1. The van der Waals surface area contributed by atoms with E-state index in [-0.39, 0.29) is 11.5 Å². The van der Waals surface area contributed by atoms with Gasteiger partial charge in [0.15, 0.2) is 0 Å². The van der Waals surface area contributed by atoms with Gasteiger partial charge >= 0.3 is 11.9 Å². The van der Waals surface area contributed by atoms with Crippen molar-refractivity contribution >= 4 is 35.2 Å². The molecule has 5 rings (SSSR count). The van der Waals surface area contributed by atoms with E-state index in [1.54, 1.807) is 66.9 Å². The van der Waals surface area contributed by atoms with Crippen molar-refractivity contribution in [3.8, 4) is 23.0 Å². The minimum absolute atomic E-state index is 0.182.